The van der Waals surface area contributed by atoms with E-state index in [0.29, 0.717) is 46.4 Å². The molecule has 7 heteroatoms. The number of hydrogen-bond donors (Lipinski definition) is 2. The van der Waals surface area contributed by atoms with Crippen molar-refractivity contribution in [2.75, 3.05) is 0 Å². The van der Waals surface area contributed by atoms with Crippen LogP contribution in [0.3, 0.4) is 0 Å². The monoisotopic (exact) mass is 431 g/mol. The van der Waals surface area contributed by atoms with Gasteiger partial charge in [-0.05, 0) is 35.9 Å². The van der Waals surface area contributed by atoms with Crippen LogP contribution in [0, 0.1) is 0 Å². The van der Waals surface area contributed by atoms with Crippen molar-refractivity contribution in [1.82, 2.24) is 14.5 Å². The Bertz CT molecular complexity index is 1350. The van der Waals surface area contributed by atoms with Gasteiger partial charge in [-0.2, -0.15) is 0 Å². The number of aromatic nitrogens is 3. The molecule has 3 heterocycles. The minimum absolute atomic E-state index is 0.0482. The molecule has 0 radical (unpaired) electrons. The summed E-state index contributed by atoms with van der Waals surface area (Å²) in [6.07, 6.45) is 4.14. The number of aromatic amines is 1. The number of nitrogens with one attached hydrogen (secondary N) is 1. The Kier molecular flexibility index (Phi) is 4.84. The van der Waals surface area contributed by atoms with Gasteiger partial charge in [0.1, 0.15) is 17.2 Å². The average molecular weight is 432 g/mol. The summed E-state index contributed by atoms with van der Waals surface area (Å²) in [7, 11) is 0. The molecule has 0 bridgehead atoms. The molecule has 31 heavy (non-hydrogen) atoms. The van der Waals surface area contributed by atoms with Gasteiger partial charge in [0, 0.05) is 23.2 Å². The number of benzene rings is 2. The van der Waals surface area contributed by atoms with Crippen LogP contribution in [0.15, 0.2) is 82.3 Å². The molecule has 0 aliphatic carbocycles. The number of aromatic hydroxyl groups is 1. The van der Waals surface area contributed by atoms with Crippen LogP contribution in [0.4, 0.5) is 0 Å². The van der Waals surface area contributed by atoms with Gasteiger partial charge in [0.05, 0.1) is 24.1 Å². The summed E-state index contributed by atoms with van der Waals surface area (Å²) in [6.45, 7) is 0. The van der Waals surface area contributed by atoms with E-state index in [1.54, 1.807) is 35.2 Å². The maximum atomic E-state index is 13.1. The van der Waals surface area contributed by atoms with Gasteiger partial charge in [-0.15, -0.1) is 0 Å². The van der Waals surface area contributed by atoms with E-state index in [4.69, 9.17) is 16.0 Å². The number of hydrogen-bond acceptors (Lipinski definition) is 4. The number of rotatable bonds is 5. The van der Waals surface area contributed by atoms with Crippen molar-refractivity contribution in [3.05, 3.63) is 111 Å². The number of halogens is 1. The third-order valence-corrected chi connectivity index (χ3v) is 5.31. The van der Waals surface area contributed by atoms with E-state index in [2.05, 4.69) is 9.97 Å². The van der Waals surface area contributed by atoms with Crippen LogP contribution in [0.25, 0.3) is 17.1 Å². The van der Waals surface area contributed by atoms with Gasteiger partial charge in [0.25, 0.3) is 5.56 Å². The molecule has 0 unspecified atom stereocenters. The first kappa shape index (κ1) is 19.2. The molecule has 2 N–H and O–H groups in total. The number of imidazole rings is 1. The molecule has 5 rings (SSSR count). The summed E-state index contributed by atoms with van der Waals surface area (Å²) in [5.74, 6) is 1.28. The van der Waals surface area contributed by atoms with Gasteiger partial charge in [-0.3, -0.25) is 9.36 Å². The fourth-order valence-corrected chi connectivity index (χ4v) is 3.90. The van der Waals surface area contributed by atoms with Crippen LogP contribution >= 0.6 is 11.6 Å². The predicted octanol–water partition coefficient (Wildman–Crippen LogP) is 4.80. The number of H-pyrrole nitrogens is 1. The number of phenols is 1. The van der Waals surface area contributed by atoms with Gasteiger partial charge in [-0.25, -0.2) is 4.98 Å². The van der Waals surface area contributed by atoms with Crippen molar-refractivity contribution in [2.45, 2.75) is 12.8 Å². The highest BCUT2D eigenvalue weighted by atomic mass is 35.5. The number of fused-ring (bicyclic) bond motifs is 1. The molecular weight excluding hydrogens is 414 g/mol. The topological polar surface area (TPSA) is 84.1 Å². The summed E-state index contributed by atoms with van der Waals surface area (Å²) in [6, 6.07) is 18.3. The van der Waals surface area contributed by atoms with Crippen molar-refractivity contribution >= 4 is 11.6 Å². The second-order valence-corrected chi connectivity index (χ2v) is 7.76. The van der Waals surface area contributed by atoms with Crippen LogP contribution < -0.4 is 5.56 Å². The lowest BCUT2D eigenvalue weighted by atomic mass is 10.1. The molecule has 6 nitrogen and oxygen atoms in total. The zero-order chi connectivity index (χ0) is 21.4. The molecule has 3 aromatic rings. The number of phenolic OH excluding ortho intramolecular Hbond substituents is 1. The second kappa shape index (κ2) is 7.81. The molecular formula is C24H18ClN3O3. The van der Waals surface area contributed by atoms with Crippen LogP contribution in [-0.2, 0) is 12.8 Å². The molecule has 0 saturated heterocycles. The SMILES string of the molecule is O=c1c(Cc2ccco2)nc2c(Cc3ccccc3)[nH]c(-c3cc(O)cc(Cl)c3)cn1-2. The summed E-state index contributed by atoms with van der Waals surface area (Å²) in [5.41, 5.74) is 3.38. The number of furan rings is 1. The molecule has 0 spiro atoms. The van der Waals surface area contributed by atoms with Gasteiger partial charge < -0.3 is 14.5 Å². The van der Waals surface area contributed by atoms with E-state index in [0.717, 1.165) is 11.3 Å². The first-order valence-electron chi connectivity index (χ1n) is 9.76. The normalized spacial score (nSPS) is 11.3. The number of nitrogens with zero attached hydrogens (tertiary/aromatic N) is 2. The first-order chi connectivity index (χ1) is 15.1. The van der Waals surface area contributed by atoms with Crippen molar-refractivity contribution in [3.8, 4) is 22.8 Å². The Morgan fingerprint density at radius 1 is 1.06 bits per heavy atom. The van der Waals surface area contributed by atoms with Gasteiger partial charge in [0.2, 0.25) is 0 Å². The van der Waals surface area contributed by atoms with E-state index in [1.807, 2.05) is 36.4 Å². The molecule has 2 aliphatic heterocycles. The van der Waals surface area contributed by atoms with E-state index >= 15 is 0 Å². The maximum absolute atomic E-state index is 13.1. The summed E-state index contributed by atoms with van der Waals surface area (Å²) in [5, 5.41) is 10.4. The lowest BCUT2D eigenvalue weighted by Gasteiger charge is -2.13. The quantitative estimate of drug-likeness (QED) is 0.418. The second-order valence-electron chi connectivity index (χ2n) is 7.32. The van der Waals surface area contributed by atoms with Gasteiger partial charge in [0.15, 0.2) is 5.82 Å². The Labute approximate surface area is 182 Å². The van der Waals surface area contributed by atoms with Crippen LogP contribution in [0.5, 0.6) is 5.75 Å². The Morgan fingerprint density at radius 2 is 1.90 bits per heavy atom. The molecule has 0 amide bonds. The summed E-state index contributed by atoms with van der Waals surface area (Å²) < 4.78 is 6.94. The van der Waals surface area contributed by atoms with Gasteiger partial charge in [-0.1, -0.05) is 41.9 Å². The minimum atomic E-state index is -0.206. The van der Waals surface area contributed by atoms with Crippen LogP contribution in [-0.4, -0.2) is 19.6 Å². The Morgan fingerprint density at radius 3 is 2.65 bits per heavy atom. The fraction of sp³-hybridized carbons (Fsp3) is 0.0833. The highest BCUT2D eigenvalue weighted by Crippen LogP contribution is 2.29. The van der Waals surface area contributed by atoms with E-state index in [9.17, 15) is 9.90 Å². The molecule has 0 atom stereocenters. The first-order valence-corrected chi connectivity index (χ1v) is 10.1. The molecule has 154 valence electrons. The standard InChI is InChI=1S/C24H18ClN3O3/c25-17-10-16(11-18(29)12-17)22-14-28-23(20(26-22)9-15-5-2-1-3-6-15)27-21(24(28)30)13-19-7-4-8-31-19/h1-8,10-12,14,26,29H,9,13H2. The molecule has 0 fully saturated rings. The van der Waals surface area contributed by atoms with Crippen LogP contribution in [0.1, 0.15) is 22.7 Å². The Balaban J connectivity index is 1.68. The molecule has 2 aliphatic rings. The third kappa shape index (κ3) is 3.85. The van der Waals surface area contributed by atoms with E-state index in [-0.39, 0.29) is 11.3 Å². The predicted molar refractivity (Wildman–Crippen MR) is 118 cm³/mol. The van der Waals surface area contributed by atoms with Crippen molar-refractivity contribution in [1.29, 1.82) is 0 Å². The molecule has 1 aromatic heterocycles. The van der Waals surface area contributed by atoms with Crippen molar-refractivity contribution in [2.24, 2.45) is 0 Å². The lowest BCUT2D eigenvalue weighted by molar-refractivity contribution is 0.475. The summed E-state index contributed by atoms with van der Waals surface area (Å²) >= 11 is 6.14. The van der Waals surface area contributed by atoms with E-state index in [1.165, 1.54) is 6.07 Å². The smallest absolute Gasteiger partial charge is 0.278 e. The zero-order valence-corrected chi connectivity index (χ0v) is 17.1. The highest BCUT2D eigenvalue weighted by Gasteiger charge is 2.21. The van der Waals surface area contributed by atoms with Crippen LogP contribution in [0.2, 0.25) is 5.02 Å². The Hall–Kier alpha value is -3.77. The maximum Gasteiger partial charge on any atom is 0.278 e. The summed E-state index contributed by atoms with van der Waals surface area (Å²) in [4.78, 5) is 21.2. The minimum Gasteiger partial charge on any atom is -0.508 e. The fourth-order valence-electron chi connectivity index (χ4n) is 3.67. The molecule has 0 saturated carbocycles. The van der Waals surface area contributed by atoms with Crippen molar-refractivity contribution in [3.63, 3.8) is 0 Å². The zero-order valence-electron chi connectivity index (χ0n) is 16.4. The average Bonchev–Trinajstić information content (AvgIpc) is 3.37. The van der Waals surface area contributed by atoms with E-state index < -0.39 is 0 Å². The largest absolute Gasteiger partial charge is 0.508 e. The molecule has 2 aromatic carbocycles. The van der Waals surface area contributed by atoms with Gasteiger partial charge >= 0.3 is 0 Å². The van der Waals surface area contributed by atoms with Crippen molar-refractivity contribution < 1.29 is 9.52 Å². The highest BCUT2D eigenvalue weighted by molar-refractivity contribution is 6.31. The third-order valence-electron chi connectivity index (χ3n) is 5.09. The lowest BCUT2D eigenvalue weighted by Crippen LogP contribution is -2.17.